The normalized spacial score (nSPS) is 20.1. The van der Waals surface area contributed by atoms with Crippen molar-refractivity contribution in [2.75, 3.05) is 14.1 Å². The van der Waals surface area contributed by atoms with Gasteiger partial charge in [-0.2, -0.15) is 0 Å². The van der Waals surface area contributed by atoms with Crippen LogP contribution in [0, 0.1) is 0 Å². The molecule has 2 rings (SSSR count). The molecular weight excluding hydrogens is 277 g/mol. The maximum atomic E-state index is 12.1. The molecule has 1 aliphatic heterocycles. The van der Waals surface area contributed by atoms with Crippen molar-refractivity contribution >= 4 is 18.5 Å². The monoisotopic (exact) mass is 301 g/mol. The highest BCUT2D eigenvalue weighted by Gasteiger charge is 2.52. The summed E-state index contributed by atoms with van der Waals surface area (Å²) in [6, 6.07) is 9.74. The molecule has 0 saturated carbocycles. The highest BCUT2D eigenvalue weighted by Crippen LogP contribution is 2.40. The van der Waals surface area contributed by atoms with Gasteiger partial charge in [-0.3, -0.25) is 4.79 Å². The van der Waals surface area contributed by atoms with Crippen molar-refractivity contribution in [3.8, 4) is 0 Å². The molecule has 0 aliphatic carbocycles. The number of hydrogen-bond acceptors (Lipinski definition) is 3. The van der Waals surface area contributed by atoms with E-state index in [1.807, 2.05) is 58.0 Å². The number of likely N-dealkylation sites (N-methyl/N-ethyl adjacent to an activating group) is 1. The summed E-state index contributed by atoms with van der Waals surface area (Å²) in [7, 11) is 2.90. The van der Waals surface area contributed by atoms with Crippen LogP contribution in [0.1, 0.15) is 33.3 Å². The maximum absolute atomic E-state index is 12.1. The van der Waals surface area contributed by atoms with E-state index in [-0.39, 0.29) is 5.91 Å². The number of nitrogens with zero attached hydrogens (tertiary/aromatic N) is 1. The van der Waals surface area contributed by atoms with Gasteiger partial charge in [0.1, 0.15) is 0 Å². The van der Waals surface area contributed by atoms with Crippen LogP contribution >= 0.6 is 0 Å². The summed E-state index contributed by atoms with van der Waals surface area (Å²) in [5.41, 5.74) is 0.800. The van der Waals surface area contributed by atoms with E-state index in [9.17, 15) is 4.79 Å². The van der Waals surface area contributed by atoms with Gasteiger partial charge in [-0.15, -0.1) is 0 Å². The Labute approximate surface area is 133 Å². The summed E-state index contributed by atoms with van der Waals surface area (Å²) >= 11 is 0. The molecule has 0 spiro atoms. The number of amides is 1. The van der Waals surface area contributed by atoms with E-state index in [4.69, 9.17) is 9.31 Å². The Kier molecular flexibility index (Phi) is 4.50. The SMILES string of the molecule is CN(C)C(=O)/C=C(\B1OC(C)(C)C(C)(C)O1)c1ccccc1. The Morgan fingerprint density at radius 1 is 1.05 bits per heavy atom. The minimum atomic E-state index is -0.559. The number of benzene rings is 1. The molecule has 118 valence electrons. The third-order valence-electron chi connectivity index (χ3n) is 4.33. The third-order valence-corrected chi connectivity index (χ3v) is 4.33. The first-order valence-electron chi connectivity index (χ1n) is 7.48. The largest absolute Gasteiger partial charge is 0.495 e. The van der Waals surface area contributed by atoms with Crippen LogP contribution in [0.2, 0.25) is 0 Å². The van der Waals surface area contributed by atoms with Gasteiger partial charge in [0, 0.05) is 20.2 Å². The molecule has 0 radical (unpaired) electrons. The van der Waals surface area contributed by atoms with Crippen molar-refractivity contribution in [3.63, 3.8) is 0 Å². The minimum absolute atomic E-state index is 0.0893. The topological polar surface area (TPSA) is 38.8 Å². The van der Waals surface area contributed by atoms with E-state index in [0.29, 0.717) is 0 Å². The second kappa shape index (κ2) is 5.90. The standard InChI is InChI=1S/C17H24BNO3/c1-16(2)17(3,4)22-18(21-16)14(12-15(20)19(5)6)13-10-8-7-9-11-13/h7-12H,1-6H3/b14-12-. The minimum Gasteiger partial charge on any atom is -0.399 e. The van der Waals surface area contributed by atoms with Gasteiger partial charge in [-0.05, 0) is 38.7 Å². The van der Waals surface area contributed by atoms with E-state index in [2.05, 4.69) is 0 Å². The molecule has 1 aliphatic rings. The van der Waals surface area contributed by atoms with E-state index >= 15 is 0 Å². The summed E-state index contributed by atoms with van der Waals surface area (Å²) in [6.07, 6.45) is 1.59. The fourth-order valence-electron chi connectivity index (χ4n) is 2.15. The number of hydrogen-bond donors (Lipinski definition) is 0. The molecule has 1 amide bonds. The van der Waals surface area contributed by atoms with Crippen LogP contribution in [0.25, 0.3) is 5.47 Å². The molecule has 1 saturated heterocycles. The lowest BCUT2D eigenvalue weighted by Crippen LogP contribution is -2.41. The van der Waals surface area contributed by atoms with Crippen molar-refractivity contribution in [1.29, 1.82) is 0 Å². The zero-order chi connectivity index (χ0) is 16.5. The van der Waals surface area contributed by atoms with Crippen molar-refractivity contribution in [1.82, 2.24) is 4.90 Å². The van der Waals surface area contributed by atoms with Crippen LogP contribution < -0.4 is 0 Å². The van der Waals surface area contributed by atoms with Crippen LogP contribution in [-0.4, -0.2) is 43.2 Å². The van der Waals surface area contributed by atoms with Crippen molar-refractivity contribution in [2.24, 2.45) is 0 Å². The van der Waals surface area contributed by atoms with E-state index in [1.54, 1.807) is 20.2 Å². The Balaban J connectivity index is 2.41. The number of carbonyl (C=O) groups excluding carboxylic acids is 1. The Morgan fingerprint density at radius 2 is 1.55 bits per heavy atom. The summed E-state index contributed by atoms with van der Waals surface area (Å²) in [5.74, 6) is -0.0893. The molecule has 0 atom stereocenters. The summed E-state index contributed by atoms with van der Waals surface area (Å²) in [5, 5.41) is 0. The molecule has 0 bridgehead atoms. The highest BCUT2D eigenvalue weighted by atomic mass is 16.7. The lowest BCUT2D eigenvalue weighted by Gasteiger charge is -2.32. The first kappa shape index (κ1) is 16.8. The van der Waals surface area contributed by atoms with Gasteiger partial charge in [0.2, 0.25) is 5.91 Å². The van der Waals surface area contributed by atoms with Crippen molar-refractivity contribution in [2.45, 2.75) is 38.9 Å². The van der Waals surface area contributed by atoms with Crippen LogP contribution in [0.3, 0.4) is 0 Å². The first-order valence-corrected chi connectivity index (χ1v) is 7.48. The molecule has 1 fully saturated rings. The summed E-state index contributed by atoms with van der Waals surface area (Å²) in [4.78, 5) is 13.7. The Hall–Kier alpha value is -1.59. The molecule has 0 aromatic heterocycles. The maximum Gasteiger partial charge on any atom is 0.495 e. The summed E-state index contributed by atoms with van der Waals surface area (Å²) in [6.45, 7) is 8.01. The lowest BCUT2D eigenvalue weighted by atomic mass is 9.73. The van der Waals surface area contributed by atoms with Gasteiger partial charge >= 0.3 is 7.12 Å². The molecule has 1 aromatic carbocycles. The molecule has 0 N–H and O–H groups in total. The summed E-state index contributed by atoms with van der Waals surface area (Å²) < 4.78 is 12.2. The van der Waals surface area contributed by atoms with Gasteiger partial charge in [-0.1, -0.05) is 30.3 Å². The van der Waals surface area contributed by atoms with Crippen LogP contribution in [0.4, 0.5) is 0 Å². The van der Waals surface area contributed by atoms with Crippen LogP contribution in [0.15, 0.2) is 36.4 Å². The van der Waals surface area contributed by atoms with Gasteiger partial charge in [0.05, 0.1) is 11.2 Å². The van der Waals surface area contributed by atoms with E-state index < -0.39 is 18.3 Å². The number of rotatable bonds is 3. The van der Waals surface area contributed by atoms with Crippen molar-refractivity contribution in [3.05, 3.63) is 42.0 Å². The molecular formula is C17H24BNO3. The Bertz CT molecular complexity index is 563. The predicted octanol–water partition coefficient (Wildman–Crippen LogP) is 2.79. The van der Waals surface area contributed by atoms with Gasteiger partial charge in [0.15, 0.2) is 0 Å². The van der Waals surface area contributed by atoms with Crippen LogP contribution in [0.5, 0.6) is 0 Å². The predicted molar refractivity (Wildman–Crippen MR) is 89.2 cm³/mol. The highest BCUT2D eigenvalue weighted by molar-refractivity contribution is 6.69. The van der Waals surface area contributed by atoms with Crippen molar-refractivity contribution < 1.29 is 14.1 Å². The first-order chi connectivity index (χ1) is 10.1. The molecule has 1 heterocycles. The van der Waals surface area contributed by atoms with E-state index in [1.165, 1.54) is 4.90 Å². The fraction of sp³-hybridized carbons (Fsp3) is 0.471. The molecule has 22 heavy (non-hydrogen) atoms. The lowest BCUT2D eigenvalue weighted by molar-refractivity contribution is -0.123. The van der Waals surface area contributed by atoms with Gasteiger partial charge in [0.25, 0.3) is 0 Å². The van der Waals surface area contributed by atoms with Gasteiger partial charge < -0.3 is 14.2 Å². The third kappa shape index (κ3) is 3.26. The Morgan fingerprint density at radius 3 is 2.00 bits per heavy atom. The van der Waals surface area contributed by atoms with Crippen LogP contribution in [-0.2, 0) is 14.1 Å². The molecule has 0 unspecified atom stereocenters. The zero-order valence-electron chi connectivity index (χ0n) is 14.2. The number of carbonyl (C=O) groups is 1. The smallest absolute Gasteiger partial charge is 0.399 e. The molecule has 5 heteroatoms. The average Bonchev–Trinajstić information content (AvgIpc) is 2.65. The zero-order valence-corrected chi connectivity index (χ0v) is 14.2. The molecule has 4 nitrogen and oxygen atoms in total. The quantitative estimate of drug-likeness (QED) is 0.636. The fourth-order valence-corrected chi connectivity index (χ4v) is 2.15. The van der Waals surface area contributed by atoms with Gasteiger partial charge in [-0.25, -0.2) is 0 Å². The average molecular weight is 301 g/mol. The van der Waals surface area contributed by atoms with E-state index in [0.717, 1.165) is 11.0 Å². The second-order valence-corrected chi connectivity index (χ2v) is 6.79. The second-order valence-electron chi connectivity index (χ2n) is 6.79. The molecule has 1 aromatic rings.